The topological polar surface area (TPSA) is 89.7 Å². The molecule has 0 saturated carbocycles. The maximum absolute atomic E-state index is 13.1. The molecule has 0 unspecified atom stereocenters. The Labute approximate surface area is 151 Å². The molecule has 8 nitrogen and oxygen atoms in total. The van der Waals surface area contributed by atoms with Gasteiger partial charge in [0.25, 0.3) is 5.91 Å². The minimum absolute atomic E-state index is 0.0499. The van der Waals surface area contributed by atoms with E-state index in [-0.39, 0.29) is 5.91 Å². The summed E-state index contributed by atoms with van der Waals surface area (Å²) in [5.41, 5.74) is 1.13. The van der Waals surface area contributed by atoms with Gasteiger partial charge in [0.2, 0.25) is 0 Å². The van der Waals surface area contributed by atoms with Crippen LogP contribution >= 0.6 is 0 Å². The summed E-state index contributed by atoms with van der Waals surface area (Å²) in [6, 6.07) is 5.74. The SMILES string of the molecule is O=C(Nc1cnn(Cc2ccncc2)c1)C1(n2cccn2)CCNCC1. The molecular weight excluding hydrogens is 330 g/mol. The summed E-state index contributed by atoms with van der Waals surface area (Å²) in [6.45, 7) is 2.20. The molecule has 3 aromatic heterocycles. The van der Waals surface area contributed by atoms with Crippen LogP contribution in [0, 0.1) is 0 Å². The van der Waals surface area contributed by atoms with Crippen molar-refractivity contribution in [2.24, 2.45) is 0 Å². The van der Waals surface area contributed by atoms with Crippen LogP contribution in [0.3, 0.4) is 0 Å². The molecule has 1 fully saturated rings. The van der Waals surface area contributed by atoms with Gasteiger partial charge in [-0.3, -0.25) is 19.1 Å². The van der Waals surface area contributed by atoms with Crippen LogP contribution in [0.1, 0.15) is 18.4 Å². The van der Waals surface area contributed by atoms with Gasteiger partial charge < -0.3 is 10.6 Å². The average Bonchev–Trinajstić information content (AvgIpc) is 3.36. The molecule has 1 aliphatic rings. The molecule has 0 spiro atoms. The molecule has 0 atom stereocenters. The van der Waals surface area contributed by atoms with Crippen molar-refractivity contribution in [3.05, 3.63) is 60.9 Å². The van der Waals surface area contributed by atoms with Gasteiger partial charge in [-0.25, -0.2) is 0 Å². The quantitative estimate of drug-likeness (QED) is 0.722. The summed E-state index contributed by atoms with van der Waals surface area (Å²) >= 11 is 0. The normalized spacial score (nSPS) is 16.3. The highest BCUT2D eigenvalue weighted by atomic mass is 16.2. The monoisotopic (exact) mass is 351 g/mol. The number of nitrogens with zero attached hydrogens (tertiary/aromatic N) is 5. The summed E-state index contributed by atoms with van der Waals surface area (Å²) in [4.78, 5) is 17.1. The summed E-state index contributed by atoms with van der Waals surface area (Å²) in [5, 5.41) is 15.0. The molecule has 1 aliphatic heterocycles. The second-order valence-corrected chi connectivity index (χ2v) is 6.47. The lowest BCUT2D eigenvalue weighted by Crippen LogP contribution is -2.52. The highest BCUT2D eigenvalue weighted by Gasteiger charge is 2.42. The van der Waals surface area contributed by atoms with Gasteiger partial charge in [-0.2, -0.15) is 10.2 Å². The Kier molecular flexibility index (Phi) is 4.49. The van der Waals surface area contributed by atoms with E-state index in [9.17, 15) is 4.79 Å². The number of anilines is 1. The summed E-state index contributed by atoms with van der Waals surface area (Å²) < 4.78 is 3.58. The van der Waals surface area contributed by atoms with E-state index in [1.807, 2.05) is 30.6 Å². The highest BCUT2D eigenvalue weighted by Crippen LogP contribution is 2.28. The predicted molar refractivity (Wildman–Crippen MR) is 96.5 cm³/mol. The fourth-order valence-electron chi connectivity index (χ4n) is 3.36. The Bertz CT molecular complexity index is 851. The zero-order valence-corrected chi connectivity index (χ0v) is 14.4. The van der Waals surface area contributed by atoms with Crippen LogP contribution in [-0.4, -0.2) is 43.5 Å². The van der Waals surface area contributed by atoms with Crippen LogP contribution in [0.15, 0.2) is 55.4 Å². The number of piperidine rings is 1. The standard InChI is InChI=1S/C18H21N7O/c26-17(18(4-9-20-10-5-18)25-11-1-6-21-25)23-16-12-22-24(14-16)13-15-2-7-19-8-3-15/h1-3,6-8,11-12,14,20H,4-5,9-10,13H2,(H,23,26). The predicted octanol–water partition coefficient (Wildman–Crippen LogP) is 1.24. The molecule has 4 rings (SSSR count). The molecule has 1 amide bonds. The minimum Gasteiger partial charge on any atom is -0.321 e. The van der Waals surface area contributed by atoms with Crippen LogP contribution in [0.4, 0.5) is 5.69 Å². The van der Waals surface area contributed by atoms with E-state index in [2.05, 4.69) is 25.8 Å². The van der Waals surface area contributed by atoms with Crippen molar-refractivity contribution < 1.29 is 4.79 Å². The Morgan fingerprint density at radius 2 is 2.00 bits per heavy atom. The zero-order chi connectivity index (χ0) is 17.8. The average molecular weight is 351 g/mol. The van der Waals surface area contributed by atoms with Crippen LogP contribution < -0.4 is 10.6 Å². The van der Waals surface area contributed by atoms with Crippen LogP contribution in [0.25, 0.3) is 0 Å². The number of hydrogen-bond acceptors (Lipinski definition) is 5. The van der Waals surface area contributed by atoms with Crippen molar-refractivity contribution in [1.29, 1.82) is 0 Å². The van der Waals surface area contributed by atoms with Crippen molar-refractivity contribution in [3.63, 3.8) is 0 Å². The molecule has 134 valence electrons. The molecule has 2 N–H and O–H groups in total. The van der Waals surface area contributed by atoms with Gasteiger partial charge in [-0.1, -0.05) is 0 Å². The number of amides is 1. The van der Waals surface area contributed by atoms with Crippen molar-refractivity contribution in [3.8, 4) is 0 Å². The van der Waals surface area contributed by atoms with Gasteiger partial charge in [-0.05, 0) is 49.7 Å². The number of carbonyl (C=O) groups excluding carboxylic acids is 1. The van der Waals surface area contributed by atoms with E-state index < -0.39 is 5.54 Å². The number of nitrogens with one attached hydrogen (secondary N) is 2. The van der Waals surface area contributed by atoms with Gasteiger partial charge in [-0.15, -0.1) is 0 Å². The van der Waals surface area contributed by atoms with Crippen LogP contribution in [-0.2, 0) is 16.9 Å². The van der Waals surface area contributed by atoms with Crippen molar-refractivity contribution in [2.45, 2.75) is 24.9 Å². The third-order valence-electron chi connectivity index (χ3n) is 4.78. The fraction of sp³-hybridized carbons (Fsp3) is 0.333. The van der Waals surface area contributed by atoms with E-state index in [1.165, 1.54) is 0 Å². The molecule has 8 heteroatoms. The summed E-state index contributed by atoms with van der Waals surface area (Å²) in [7, 11) is 0. The molecular formula is C18H21N7O. The third kappa shape index (κ3) is 3.23. The third-order valence-corrected chi connectivity index (χ3v) is 4.78. The van der Waals surface area contributed by atoms with Crippen molar-refractivity contribution >= 4 is 11.6 Å². The van der Waals surface area contributed by atoms with E-state index >= 15 is 0 Å². The summed E-state index contributed by atoms with van der Waals surface area (Å²) in [6.07, 6.45) is 12.0. The summed E-state index contributed by atoms with van der Waals surface area (Å²) in [5.74, 6) is -0.0499. The first-order valence-corrected chi connectivity index (χ1v) is 8.70. The number of rotatable bonds is 5. The maximum atomic E-state index is 13.1. The van der Waals surface area contributed by atoms with Gasteiger partial charge in [0.05, 0.1) is 18.4 Å². The van der Waals surface area contributed by atoms with Gasteiger partial charge in [0, 0.05) is 31.0 Å². The minimum atomic E-state index is -0.665. The lowest BCUT2D eigenvalue weighted by molar-refractivity contribution is -0.126. The number of carbonyl (C=O) groups is 1. The molecule has 0 aliphatic carbocycles. The van der Waals surface area contributed by atoms with Gasteiger partial charge >= 0.3 is 0 Å². The maximum Gasteiger partial charge on any atom is 0.252 e. The molecule has 1 saturated heterocycles. The lowest BCUT2D eigenvalue weighted by Gasteiger charge is -2.36. The zero-order valence-electron chi connectivity index (χ0n) is 14.4. The van der Waals surface area contributed by atoms with Crippen LogP contribution in [0.2, 0.25) is 0 Å². The Morgan fingerprint density at radius 3 is 2.73 bits per heavy atom. The lowest BCUT2D eigenvalue weighted by atomic mass is 9.87. The molecule has 0 aromatic carbocycles. The largest absolute Gasteiger partial charge is 0.321 e. The van der Waals surface area contributed by atoms with E-state index in [0.717, 1.165) is 18.7 Å². The molecule has 26 heavy (non-hydrogen) atoms. The van der Waals surface area contributed by atoms with E-state index in [0.29, 0.717) is 25.1 Å². The van der Waals surface area contributed by atoms with E-state index in [1.54, 1.807) is 34.2 Å². The number of aromatic nitrogens is 5. The second-order valence-electron chi connectivity index (χ2n) is 6.47. The Morgan fingerprint density at radius 1 is 1.19 bits per heavy atom. The molecule has 4 heterocycles. The Hall–Kier alpha value is -3.00. The molecule has 0 radical (unpaired) electrons. The second kappa shape index (κ2) is 7.09. The highest BCUT2D eigenvalue weighted by molar-refractivity contribution is 5.96. The first kappa shape index (κ1) is 16.5. The van der Waals surface area contributed by atoms with E-state index in [4.69, 9.17) is 0 Å². The first-order chi connectivity index (χ1) is 12.8. The smallest absolute Gasteiger partial charge is 0.252 e. The Balaban J connectivity index is 1.50. The van der Waals surface area contributed by atoms with Gasteiger partial charge in [0.1, 0.15) is 5.54 Å². The van der Waals surface area contributed by atoms with Crippen molar-refractivity contribution in [1.82, 2.24) is 29.9 Å². The van der Waals surface area contributed by atoms with Crippen LogP contribution in [0.5, 0.6) is 0 Å². The first-order valence-electron chi connectivity index (χ1n) is 8.70. The molecule has 0 bridgehead atoms. The van der Waals surface area contributed by atoms with Gasteiger partial charge in [0.15, 0.2) is 0 Å². The van der Waals surface area contributed by atoms with Crippen molar-refractivity contribution in [2.75, 3.05) is 18.4 Å². The number of pyridine rings is 1. The fourth-order valence-corrected chi connectivity index (χ4v) is 3.36. The number of hydrogen-bond donors (Lipinski definition) is 2. The molecule has 3 aromatic rings.